The molecule has 1 N–H and O–H groups in total. The number of Topliss-reactive ketones (excluding diaryl/α,β-unsaturated/α-hetero) is 1. The highest BCUT2D eigenvalue weighted by Gasteiger charge is 2.20. The Hall–Kier alpha value is -0.610. The minimum atomic E-state index is -0.0775. The normalized spacial score (nSPS) is 20.2. The molecule has 1 saturated heterocycles. The first-order valence-electron chi connectivity index (χ1n) is 5.48. The Balaban J connectivity index is 2.06. The minimum absolute atomic E-state index is 0.0359. The second kappa shape index (κ2) is 5.83. The number of rotatable bonds is 3. The van der Waals surface area contributed by atoms with Crippen molar-refractivity contribution in [3.63, 3.8) is 0 Å². The van der Waals surface area contributed by atoms with Crippen LogP contribution in [-0.4, -0.2) is 31.6 Å². The molecule has 2 rings (SSSR count). The second-order valence-electron chi connectivity index (χ2n) is 3.93. The molecule has 1 aliphatic rings. The molecular formula is C12H13Cl2NO2. The molecule has 0 aliphatic carbocycles. The Morgan fingerprint density at radius 3 is 3.00 bits per heavy atom. The summed E-state index contributed by atoms with van der Waals surface area (Å²) >= 11 is 11.9. The number of hydrogen-bond donors (Lipinski definition) is 1. The Morgan fingerprint density at radius 2 is 2.29 bits per heavy atom. The van der Waals surface area contributed by atoms with Crippen LogP contribution < -0.4 is 5.32 Å². The van der Waals surface area contributed by atoms with Gasteiger partial charge in [0.05, 0.1) is 22.8 Å². The zero-order valence-electron chi connectivity index (χ0n) is 9.21. The third kappa shape index (κ3) is 3.19. The molecule has 5 heteroatoms. The van der Waals surface area contributed by atoms with Gasteiger partial charge in [-0.25, -0.2) is 0 Å². The van der Waals surface area contributed by atoms with E-state index >= 15 is 0 Å². The van der Waals surface area contributed by atoms with E-state index in [1.165, 1.54) is 0 Å². The standard InChI is InChI=1S/C12H13Cl2NO2/c13-10-3-1-2-9(12(10)14)11(16)6-8-7-15-4-5-17-8/h1-3,8,15H,4-7H2. The van der Waals surface area contributed by atoms with Crippen LogP contribution in [0.5, 0.6) is 0 Å². The van der Waals surface area contributed by atoms with Crippen LogP contribution in [0.4, 0.5) is 0 Å². The molecule has 1 fully saturated rings. The van der Waals surface area contributed by atoms with Gasteiger partial charge in [-0.1, -0.05) is 29.3 Å². The zero-order chi connectivity index (χ0) is 12.3. The molecule has 1 heterocycles. The number of nitrogens with one attached hydrogen (secondary N) is 1. The van der Waals surface area contributed by atoms with Crippen LogP contribution in [0.15, 0.2) is 18.2 Å². The molecule has 0 amide bonds. The Labute approximate surface area is 110 Å². The van der Waals surface area contributed by atoms with E-state index in [0.717, 1.165) is 6.54 Å². The lowest BCUT2D eigenvalue weighted by molar-refractivity contribution is 0.0240. The number of morpholine rings is 1. The highest BCUT2D eigenvalue weighted by Crippen LogP contribution is 2.26. The van der Waals surface area contributed by atoms with Gasteiger partial charge < -0.3 is 10.1 Å². The lowest BCUT2D eigenvalue weighted by atomic mass is 10.0. The maximum atomic E-state index is 12.0. The van der Waals surface area contributed by atoms with Gasteiger partial charge in [-0.05, 0) is 12.1 Å². The summed E-state index contributed by atoms with van der Waals surface area (Å²) in [4.78, 5) is 12.0. The van der Waals surface area contributed by atoms with Crippen molar-refractivity contribution < 1.29 is 9.53 Å². The van der Waals surface area contributed by atoms with Crippen molar-refractivity contribution in [3.8, 4) is 0 Å². The monoisotopic (exact) mass is 273 g/mol. The van der Waals surface area contributed by atoms with Gasteiger partial charge >= 0.3 is 0 Å². The molecule has 0 radical (unpaired) electrons. The van der Waals surface area contributed by atoms with Gasteiger partial charge in [0.15, 0.2) is 5.78 Å². The van der Waals surface area contributed by atoms with E-state index < -0.39 is 0 Å². The maximum Gasteiger partial charge on any atom is 0.167 e. The lowest BCUT2D eigenvalue weighted by Gasteiger charge is -2.23. The summed E-state index contributed by atoms with van der Waals surface area (Å²) < 4.78 is 5.48. The second-order valence-corrected chi connectivity index (χ2v) is 4.71. The van der Waals surface area contributed by atoms with Gasteiger partial charge in [-0.2, -0.15) is 0 Å². The molecule has 92 valence electrons. The third-order valence-corrected chi connectivity index (χ3v) is 3.49. The van der Waals surface area contributed by atoms with E-state index in [1.54, 1.807) is 18.2 Å². The highest BCUT2D eigenvalue weighted by molar-refractivity contribution is 6.43. The number of carbonyl (C=O) groups excluding carboxylic acids is 1. The summed E-state index contributed by atoms with van der Waals surface area (Å²) in [6, 6.07) is 5.08. The van der Waals surface area contributed by atoms with Crippen LogP contribution in [0.3, 0.4) is 0 Å². The van der Waals surface area contributed by atoms with Crippen molar-refractivity contribution in [1.82, 2.24) is 5.32 Å². The van der Waals surface area contributed by atoms with E-state index in [0.29, 0.717) is 35.2 Å². The molecule has 0 aromatic heterocycles. The van der Waals surface area contributed by atoms with E-state index in [4.69, 9.17) is 27.9 Å². The molecule has 0 saturated carbocycles. The van der Waals surface area contributed by atoms with Crippen molar-refractivity contribution in [2.24, 2.45) is 0 Å². The van der Waals surface area contributed by atoms with Gasteiger partial charge in [-0.3, -0.25) is 4.79 Å². The number of carbonyl (C=O) groups is 1. The van der Waals surface area contributed by atoms with E-state index in [9.17, 15) is 4.79 Å². The first-order valence-corrected chi connectivity index (χ1v) is 6.23. The molecular weight excluding hydrogens is 261 g/mol. The van der Waals surface area contributed by atoms with Crippen molar-refractivity contribution in [2.45, 2.75) is 12.5 Å². The van der Waals surface area contributed by atoms with E-state index in [2.05, 4.69) is 5.32 Å². The number of ether oxygens (including phenoxy) is 1. The fourth-order valence-corrected chi connectivity index (χ4v) is 2.19. The van der Waals surface area contributed by atoms with Crippen molar-refractivity contribution in [1.29, 1.82) is 0 Å². The topological polar surface area (TPSA) is 38.3 Å². The Kier molecular flexibility index (Phi) is 4.40. The average Bonchev–Trinajstić information content (AvgIpc) is 2.34. The van der Waals surface area contributed by atoms with Crippen LogP contribution in [0.25, 0.3) is 0 Å². The number of ketones is 1. The molecule has 1 aromatic rings. The predicted molar refractivity (Wildman–Crippen MR) is 68.0 cm³/mol. The molecule has 1 unspecified atom stereocenters. The summed E-state index contributed by atoms with van der Waals surface area (Å²) in [6.45, 7) is 2.17. The van der Waals surface area contributed by atoms with Crippen molar-refractivity contribution >= 4 is 29.0 Å². The van der Waals surface area contributed by atoms with Gasteiger partial charge in [0.25, 0.3) is 0 Å². The van der Waals surface area contributed by atoms with Crippen LogP contribution in [0.2, 0.25) is 10.0 Å². The Bertz CT molecular complexity index is 417. The first kappa shape index (κ1) is 12.8. The molecule has 1 aliphatic heterocycles. The molecule has 0 spiro atoms. The van der Waals surface area contributed by atoms with Gasteiger partial charge in [0.1, 0.15) is 0 Å². The van der Waals surface area contributed by atoms with Crippen LogP contribution >= 0.6 is 23.2 Å². The summed E-state index contributed by atoms with van der Waals surface area (Å²) in [6.07, 6.45) is 0.249. The summed E-state index contributed by atoms with van der Waals surface area (Å²) in [5.74, 6) is -0.0359. The molecule has 0 bridgehead atoms. The third-order valence-electron chi connectivity index (χ3n) is 2.67. The fraction of sp³-hybridized carbons (Fsp3) is 0.417. The Morgan fingerprint density at radius 1 is 1.47 bits per heavy atom. The zero-order valence-corrected chi connectivity index (χ0v) is 10.7. The largest absolute Gasteiger partial charge is 0.375 e. The van der Waals surface area contributed by atoms with E-state index in [-0.39, 0.29) is 11.9 Å². The summed E-state index contributed by atoms with van der Waals surface area (Å²) in [5.41, 5.74) is 0.466. The van der Waals surface area contributed by atoms with Gasteiger partial charge in [0.2, 0.25) is 0 Å². The number of halogens is 2. The predicted octanol–water partition coefficient (Wildman–Crippen LogP) is 2.55. The lowest BCUT2D eigenvalue weighted by Crippen LogP contribution is -2.39. The van der Waals surface area contributed by atoms with Crippen LogP contribution in [0, 0.1) is 0 Å². The highest BCUT2D eigenvalue weighted by atomic mass is 35.5. The molecule has 1 atom stereocenters. The summed E-state index contributed by atoms with van der Waals surface area (Å²) in [7, 11) is 0. The van der Waals surface area contributed by atoms with E-state index in [1.807, 2.05) is 0 Å². The SMILES string of the molecule is O=C(CC1CNCCO1)c1cccc(Cl)c1Cl. The van der Waals surface area contributed by atoms with Crippen molar-refractivity contribution in [3.05, 3.63) is 33.8 Å². The quantitative estimate of drug-likeness (QED) is 0.861. The minimum Gasteiger partial charge on any atom is -0.375 e. The fourth-order valence-electron chi connectivity index (χ4n) is 1.79. The van der Waals surface area contributed by atoms with Gasteiger partial charge in [0, 0.05) is 25.1 Å². The average molecular weight is 274 g/mol. The molecule has 3 nitrogen and oxygen atoms in total. The number of hydrogen-bond acceptors (Lipinski definition) is 3. The smallest absolute Gasteiger partial charge is 0.167 e. The van der Waals surface area contributed by atoms with Crippen molar-refractivity contribution in [2.75, 3.05) is 19.7 Å². The molecule has 17 heavy (non-hydrogen) atoms. The summed E-state index contributed by atoms with van der Waals surface area (Å²) in [5, 5.41) is 3.91. The number of benzene rings is 1. The molecule has 1 aromatic carbocycles. The van der Waals surface area contributed by atoms with Crippen LogP contribution in [0.1, 0.15) is 16.8 Å². The maximum absolute atomic E-state index is 12.0. The van der Waals surface area contributed by atoms with Gasteiger partial charge in [-0.15, -0.1) is 0 Å². The first-order chi connectivity index (χ1) is 8.18. The van der Waals surface area contributed by atoms with Crippen LogP contribution in [-0.2, 0) is 4.74 Å².